The summed E-state index contributed by atoms with van der Waals surface area (Å²) in [6, 6.07) is 10.3. The summed E-state index contributed by atoms with van der Waals surface area (Å²) >= 11 is 0. The van der Waals surface area contributed by atoms with Gasteiger partial charge in [-0.25, -0.2) is 0 Å². The Labute approximate surface area is 69.3 Å². The lowest BCUT2D eigenvalue weighted by Gasteiger charge is -1.83. The first-order valence-corrected chi connectivity index (χ1v) is 3.44. The molecule has 4 heteroatoms. The maximum atomic E-state index is 5.50. The first-order valence-electron chi connectivity index (χ1n) is 3.44. The third-order valence-electron chi connectivity index (χ3n) is 1.46. The third kappa shape index (κ3) is 1.78. The number of fused-ring (bicyclic) bond motifs is 1. The van der Waals surface area contributed by atoms with Crippen LogP contribution in [0.15, 0.2) is 36.5 Å². The summed E-state index contributed by atoms with van der Waals surface area (Å²) in [5.41, 5.74) is 12.2. The second-order valence-corrected chi connectivity index (χ2v) is 2.18. The van der Waals surface area contributed by atoms with E-state index in [-0.39, 0.29) is 0 Å². The fraction of sp³-hybridized carbons (Fsp3) is 0. The van der Waals surface area contributed by atoms with Crippen molar-refractivity contribution in [2.45, 2.75) is 0 Å². The van der Waals surface area contributed by atoms with Gasteiger partial charge < -0.3 is 4.98 Å². The van der Waals surface area contributed by atoms with Gasteiger partial charge in [-0.2, -0.15) is 0 Å². The SMILES string of the molecule is N=[N+]=N.c1ccc2[nH]ccc2c1. The molecule has 0 aliphatic rings. The Morgan fingerprint density at radius 1 is 1.08 bits per heavy atom. The number of aromatic nitrogens is 1. The fourth-order valence-electron chi connectivity index (χ4n) is 0.995. The summed E-state index contributed by atoms with van der Waals surface area (Å²) in [4.78, 5) is 5.12. The molecule has 0 amide bonds. The average Bonchev–Trinajstić information content (AvgIpc) is 2.52. The number of rotatable bonds is 0. The van der Waals surface area contributed by atoms with Gasteiger partial charge >= 0.3 is 0 Å². The van der Waals surface area contributed by atoms with E-state index in [9.17, 15) is 0 Å². The van der Waals surface area contributed by atoms with Crippen LogP contribution < -0.4 is 4.91 Å². The van der Waals surface area contributed by atoms with Gasteiger partial charge in [0.2, 0.25) is 4.91 Å². The van der Waals surface area contributed by atoms with E-state index in [4.69, 9.17) is 11.1 Å². The van der Waals surface area contributed by atoms with E-state index < -0.39 is 0 Å². The molecule has 0 fully saturated rings. The Hall–Kier alpha value is -1.93. The van der Waals surface area contributed by atoms with Crippen LogP contribution in [0.3, 0.4) is 0 Å². The average molecular weight is 161 g/mol. The highest BCUT2D eigenvalue weighted by Gasteiger charge is 1.86. The van der Waals surface area contributed by atoms with Gasteiger partial charge in [-0.1, -0.05) is 18.2 Å². The standard InChI is InChI=1S/C8H7N.H2N3/c1-2-4-8-7(3-1)5-6-9-8;1-3-2/h1-6,9H;1-2H/q;+1. The molecule has 2 rings (SSSR count). The van der Waals surface area contributed by atoms with E-state index in [0.29, 0.717) is 0 Å². The molecule has 0 aliphatic carbocycles. The monoisotopic (exact) mass is 161 g/mol. The van der Waals surface area contributed by atoms with E-state index in [1.54, 1.807) is 0 Å². The third-order valence-corrected chi connectivity index (χ3v) is 1.46. The van der Waals surface area contributed by atoms with Crippen molar-refractivity contribution in [3.05, 3.63) is 36.5 Å². The molecule has 0 saturated carbocycles. The van der Waals surface area contributed by atoms with Crippen LogP contribution in [0.25, 0.3) is 10.9 Å². The maximum Gasteiger partial charge on any atom is 0.211 e. The summed E-state index contributed by atoms with van der Waals surface area (Å²) < 4.78 is 0. The van der Waals surface area contributed by atoms with Crippen molar-refractivity contribution >= 4 is 10.9 Å². The largest absolute Gasteiger partial charge is 0.361 e. The first-order chi connectivity index (χ1) is 5.88. The predicted molar refractivity (Wildman–Crippen MR) is 45.9 cm³/mol. The number of H-pyrrole nitrogens is 1. The first kappa shape index (κ1) is 8.17. The Bertz CT molecular complexity index is 354. The van der Waals surface area contributed by atoms with Crippen LogP contribution in [0.2, 0.25) is 0 Å². The molecule has 2 aromatic rings. The Morgan fingerprint density at radius 2 is 1.75 bits per heavy atom. The van der Waals surface area contributed by atoms with Crippen molar-refractivity contribution < 1.29 is 0 Å². The Kier molecular flexibility index (Phi) is 2.76. The fourth-order valence-corrected chi connectivity index (χ4v) is 0.995. The maximum absolute atomic E-state index is 5.50. The van der Waals surface area contributed by atoms with Gasteiger partial charge in [-0.3, -0.25) is 0 Å². The molecule has 0 radical (unpaired) electrons. The summed E-state index contributed by atoms with van der Waals surface area (Å²) in [7, 11) is 0. The van der Waals surface area contributed by atoms with Crippen molar-refractivity contribution in [3.63, 3.8) is 0 Å². The van der Waals surface area contributed by atoms with Crippen LogP contribution in [0.4, 0.5) is 0 Å². The van der Waals surface area contributed by atoms with E-state index in [2.05, 4.69) is 23.2 Å². The Balaban J connectivity index is 0.000000213. The zero-order chi connectivity index (χ0) is 8.81. The molecule has 12 heavy (non-hydrogen) atoms. The smallest absolute Gasteiger partial charge is 0.211 e. The highest BCUT2D eigenvalue weighted by atomic mass is 15.0. The summed E-state index contributed by atoms with van der Waals surface area (Å²) in [5.74, 6) is 0. The predicted octanol–water partition coefficient (Wildman–Crippen LogP) is 2.28. The molecule has 3 N–H and O–H groups in total. The number of hydrogen-bond donors (Lipinski definition) is 3. The number of benzene rings is 1. The molecule has 0 saturated heterocycles. The minimum atomic E-state index is 1.21. The van der Waals surface area contributed by atoms with Gasteiger partial charge in [0.1, 0.15) is 11.1 Å². The van der Waals surface area contributed by atoms with Crippen LogP contribution in [0.1, 0.15) is 0 Å². The van der Waals surface area contributed by atoms with Crippen molar-refractivity contribution in [2.24, 2.45) is 0 Å². The molecule has 0 bridgehead atoms. The van der Waals surface area contributed by atoms with Crippen molar-refractivity contribution in [1.82, 2.24) is 9.90 Å². The van der Waals surface area contributed by atoms with E-state index in [1.807, 2.05) is 23.2 Å². The summed E-state index contributed by atoms with van der Waals surface area (Å²) in [6.45, 7) is 0. The number of nitrogens with one attached hydrogen (secondary N) is 3. The van der Waals surface area contributed by atoms with Gasteiger partial charge in [0.25, 0.3) is 0 Å². The molecule has 0 unspecified atom stereocenters. The number of para-hydroxylation sites is 1. The lowest BCUT2D eigenvalue weighted by molar-refractivity contribution is 0.928. The zero-order valence-corrected chi connectivity index (χ0v) is 6.41. The van der Waals surface area contributed by atoms with E-state index in [1.165, 1.54) is 10.9 Å². The molecule has 0 spiro atoms. The highest BCUT2D eigenvalue weighted by Crippen LogP contribution is 2.09. The molecule has 0 atom stereocenters. The molecular formula is C8H9N4+. The quantitative estimate of drug-likeness (QED) is 0.391. The topological polar surface area (TPSA) is 77.6 Å². The van der Waals surface area contributed by atoms with Gasteiger partial charge in [-0.15, -0.1) is 0 Å². The van der Waals surface area contributed by atoms with Crippen LogP contribution >= 0.6 is 0 Å². The number of nitrogens with zero attached hydrogens (tertiary/aromatic N) is 1. The molecule has 0 aliphatic heterocycles. The van der Waals surface area contributed by atoms with Crippen LogP contribution in [0, 0.1) is 11.1 Å². The minimum absolute atomic E-state index is 1.21. The van der Waals surface area contributed by atoms with Crippen molar-refractivity contribution in [1.29, 1.82) is 11.1 Å². The molecule has 1 aromatic heterocycles. The van der Waals surface area contributed by atoms with Crippen LogP contribution in [-0.4, -0.2) is 4.98 Å². The van der Waals surface area contributed by atoms with E-state index >= 15 is 0 Å². The Morgan fingerprint density at radius 3 is 2.42 bits per heavy atom. The summed E-state index contributed by atoms with van der Waals surface area (Å²) in [5, 5.41) is 1.28. The summed E-state index contributed by atoms with van der Waals surface area (Å²) in [6.07, 6.45) is 1.95. The lowest BCUT2D eigenvalue weighted by Crippen LogP contribution is -1.61. The number of aromatic amines is 1. The number of hydrogen-bond acceptors (Lipinski definition) is 2. The lowest BCUT2D eigenvalue weighted by atomic mass is 10.3. The van der Waals surface area contributed by atoms with E-state index in [0.717, 1.165) is 0 Å². The van der Waals surface area contributed by atoms with Crippen molar-refractivity contribution in [3.8, 4) is 0 Å². The van der Waals surface area contributed by atoms with Gasteiger partial charge in [0, 0.05) is 11.7 Å². The zero-order valence-electron chi connectivity index (χ0n) is 6.41. The van der Waals surface area contributed by atoms with Gasteiger partial charge in [0.05, 0.1) is 0 Å². The van der Waals surface area contributed by atoms with Crippen LogP contribution in [0.5, 0.6) is 0 Å². The van der Waals surface area contributed by atoms with Gasteiger partial charge in [0.15, 0.2) is 0 Å². The second-order valence-electron chi connectivity index (χ2n) is 2.18. The molecular weight excluding hydrogens is 152 g/mol. The highest BCUT2D eigenvalue weighted by molar-refractivity contribution is 5.78. The molecule has 60 valence electrons. The van der Waals surface area contributed by atoms with Crippen LogP contribution in [-0.2, 0) is 0 Å². The molecule has 1 heterocycles. The normalized spacial score (nSPS) is 8.33. The van der Waals surface area contributed by atoms with Gasteiger partial charge in [-0.05, 0) is 17.5 Å². The molecule has 4 nitrogen and oxygen atoms in total. The second kappa shape index (κ2) is 4.05. The minimum Gasteiger partial charge on any atom is -0.361 e. The van der Waals surface area contributed by atoms with Crippen molar-refractivity contribution in [2.75, 3.05) is 0 Å². The molecule has 1 aromatic carbocycles.